The fraction of sp³-hybridized carbons (Fsp3) is 0.348. The molecule has 0 bridgehead atoms. The summed E-state index contributed by atoms with van der Waals surface area (Å²) < 4.78 is 16.8. The normalized spacial score (nSPS) is 14.2. The van der Waals surface area contributed by atoms with E-state index < -0.39 is 17.4 Å². The van der Waals surface area contributed by atoms with Crippen molar-refractivity contribution in [1.82, 2.24) is 16.0 Å². The van der Waals surface area contributed by atoms with Gasteiger partial charge in [0.15, 0.2) is 16.9 Å². The van der Waals surface area contributed by atoms with Crippen molar-refractivity contribution in [3.8, 4) is 28.4 Å². The van der Waals surface area contributed by atoms with Crippen LogP contribution in [-0.2, 0) is 6.42 Å². The molecule has 3 N–H and O–H groups in total. The second-order valence-corrected chi connectivity index (χ2v) is 7.20. The van der Waals surface area contributed by atoms with Crippen LogP contribution in [0.25, 0.3) is 11.1 Å². The molecular formula is C23H27N3O6. The van der Waals surface area contributed by atoms with Gasteiger partial charge in [0.1, 0.15) is 0 Å². The topological polar surface area (TPSA) is 115 Å². The Hall–Kier alpha value is -3.75. The van der Waals surface area contributed by atoms with E-state index in [1.165, 1.54) is 40.4 Å². The summed E-state index contributed by atoms with van der Waals surface area (Å²) in [5.41, 5.74) is 2.42. The molecule has 0 radical (unpaired) electrons. The molecule has 0 spiro atoms. The average molecular weight is 441 g/mol. The Labute approximate surface area is 186 Å². The van der Waals surface area contributed by atoms with Crippen LogP contribution in [0.3, 0.4) is 0 Å². The molecule has 1 aliphatic rings. The zero-order chi connectivity index (χ0) is 23.4. The number of benzene rings is 1. The Morgan fingerprint density at radius 1 is 0.969 bits per heavy atom. The quantitative estimate of drug-likeness (QED) is 0.654. The minimum absolute atomic E-state index is 0.000241. The molecule has 3 amide bonds. The third-order valence-electron chi connectivity index (χ3n) is 5.54. The number of methoxy groups -OCH3 is 3. The van der Waals surface area contributed by atoms with E-state index in [-0.39, 0.29) is 11.6 Å². The van der Waals surface area contributed by atoms with Crippen LogP contribution in [0.1, 0.15) is 33.9 Å². The van der Waals surface area contributed by atoms with E-state index in [1.54, 1.807) is 13.2 Å². The second-order valence-electron chi connectivity index (χ2n) is 7.20. The first kappa shape index (κ1) is 22.9. The summed E-state index contributed by atoms with van der Waals surface area (Å²) in [5.74, 6) is 0.885. The van der Waals surface area contributed by atoms with E-state index in [0.717, 1.165) is 11.1 Å². The molecule has 1 atom stereocenters. The van der Waals surface area contributed by atoms with Gasteiger partial charge in [-0.25, -0.2) is 4.79 Å². The molecule has 1 aliphatic carbocycles. The molecule has 0 saturated carbocycles. The smallest absolute Gasteiger partial charge is 0.315 e. The summed E-state index contributed by atoms with van der Waals surface area (Å²) in [6.07, 6.45) is 1.10. The van der Waals surface area contributed by atoms with Gasteiger partial charge >= 0.3 is 6.03 Å². The molecule has 0 saturated heterocycles. The van der Waals surface area contributed by atoms with E-state index in [1.807, 2.05) is 6.07 Å². The summed E-state index contributed by atoms with van der Waals surface area (Å²) in [5, 5.41) is 7.94. The van der Waals surface area contributed by atoms with Crippen LogP contribution >= 0.6 is 0 Å². The van der Waals surface area contributed by atoms with Gasteiger partial charge in [0.05, 0.1) is 32.9 Å². The summed E-state index contributed by atoms with van der Waals surface area (Å²) in [6.45, 7) is 0. The summed E-state index contributed by atoms with van der Waals surface area (Å²) in [6, 6.07) is 5.62. The first-order valence-corrected chi connectivity index (χ1v) is 10.1. The summed E-state index contributed by atoms with van der Waals surface area (Å²) in [4.78, 5) is 37.3. The van der Waals surface area contributed by atoms with E-state index in [2.05, 4.69) is 16.0 Å². The van der Waals surface area contributed by atoms with Gasteiger partial charge in [0, 0.05) is 19.7 Å². The molecule has 9 nitrogen and oxygen atoms in total. The van der Waals surface area contributed by atoms with Crippen molar-refractivity contribution in [2.75, 3.05) is 35.4 Å². The SMILES string of the molecule is CNC(=O)N[C@H]1CCc2cc(OC)c(OC)c(OC)c2-c2ccc(C(=O)NC)c(=O)cc21. The number of nitrogens with one attached hydrogen (secondary N) is 3. The maximum Gasteiger partial charge on any atom is 0.315 e. The highest BCUT2D eigenvalue weighted by Gasteiger charge is 2.30. The summed E-state index contributed by atoms with van der Waals surface area (Å²) >= 11 is 0. The third-order valence-corrected chi connectivity index (χ3v) is 5.54. The van der Waals surface area contributed by atoms with Gasteiger partial charge in [0.25, 0.3) is 5.91 Å². The number of hydrogen-bond acceptors (Lipinski definition) is 6. The van der Waals surface area contributed by atoms with E-state index in [9.17, 15) is 14.4 Å². The van der Waals surface area contributed by atoms with Crippen molar-refractivity contribution in [1.29, 1.82) is 0 Å². The van der Waals surface area contributed by atoms with Gasteiger partial charge in [-0.15, -0.1) is 0 Å². The molecule has 0 fully saturated rings. The number of carbonyl (C=O) groups is 2. The van der Waals surface area contributed by atoms with Crippen molar-refractivity contribution >= 4 is 11.9 Å². The fourth-order valence-corrected chi connectivity index (χ4v) is 4.02. The maximum atomic E-state index is 12.9. The molecule has 0 heterocycles. The molecule has 0 aromatic heterocycles. The molecule has 2 aromatic rings. The average Bonchev–Trinajstić information content (AvgIpc) is 3.05. The Kier molecular flexibility index (Phi) is 6.87. The second kappa shape index (κ2) is 9.59. The minimum Gasteiger partial charge on any atom is -0.493 e. The monoisotopic (exact) mass is 441 g/mol. The van der Waals surface area contributed by atoms with Crippen LogP contribution in [-0.4, -0.2) is 47.4 Å². The molecular weight excluding hydrogens is 414 g/mol. The third kappa shape index (κ3) is 4.05. The van der Waals surface area contributed by atoms with Crippen LogP contribution in [0.5, 0.6) is 17.2 Å². The van der Waals surface area contributed by atoms with E-state index in [4.69, 9.17) is 14.2 Å². The van der Waals surface area contributed by atoms with Gasteiger partial charge in [-0.05, 0) is 47.7 Å². The molecule has 0 unspecified atom stereocenters. The Balaban J connectivity index is 2.40. The Morgan fingerprint density at radius 2 is 1.69 bits per heavy atom. The fourth-order valence-electron chi connectivity index (χ4n) is 4.02. The van der Waals surface area contributed by atoms with Crippen LogP contribution in [0.15, 0.2) is 29.1 Å². The van der Waals surface area contributed by atoms with Gasteiger partial charge < -0.3 is 30.2 Å². The lowest BCUT2D eigenvalue weighted by molar-refractivity contribution is 0.0962. The molecule has 0 aliphatic heterocycles. The van der Waals surface area contributed by atoms with Crippen LogP contribution < -0.4 is 35.6 Å². The van der Waals surface area contributed by atoms with Gasteiger partial charge in [-0.1, -0.05) is 6.07 Å². The first-order valence-electron chi connectivity index (χ1n) is 10.1. The van der Waals surface area contributed by atoms with Crippen LogP contribution in [0.4, 0.5) is 4.79 Å². The first-order chi connectivity index (χ1) is 15.4. The zero-order valence-electron chi connectivity index (χ0n) is 18.8. The van der Waals surface area contributed by atoms with Gasteiger partial charge in [-0.3, -0.25) is 9.59 Å². The molecule has 2 aromatic carbocycles. The largest absolute Gasteiger partial charge is 0.493 e. The van der Waals surface area contributed by atoms with Crippen molar-refractivity contribution in [3.63, 3.8) is 0 Å². The molecule has 9 heteroatoms. The lowest BCUT2D eigenvalue weighted by Crippen LogP contribution is -2.36. The van der Waals surface area contributed by atoms with E-state index in [0.29, 0.717) is 41.2 Å². The van der Waals surface area contributed by atoms with E-state index >= 15 is 0 Å². The number of ether oxygens (including phenoxy) is 3. The Bertz CT molecular complexity index is 1120. The molecule has 3 rings (SSSR count). The zero-order valence-corrected chi connectivity index (χ0v) is 18.8. The highest BCUT2D eigenvalue weighted by molar-refractivity contribution is 5.94. The molecule has 170 valence electrons. The Morgan fingerprint density at radius 3 is 2.28 bits per heavy atom. The number of rotatable bonds is 5. The predicted molar refractivity (Wildman–Crippen MR) is 120 cm³/mol. The number of hydrogen-bond donors (Lipinski definition) is 3. The number of aryl methyl sites for hydroxylation is 1. The van der Waals surface area contributed by atoms with Crippen LogP contribution in [0, 0.1) is 0 Å². The molecule has 32 heavy (non-hydrogen) atoms. The van der Waals surface area contributed by atoms with Crippen LogP contribution in [0.2, 0.25) is 0 Å². The van der Waals surface area contributed by atoms with Crippen molar-refractivity contribution in [3.05, 3.63) is 51.2 Å². The van der Waals surface area contributed by atoms with Gasteiger partial charge in [-0.2, -0.15) is 0 Å². The standard InChI is InChI=1S/C23H27N3O6/c1-24-22(28)14-8-7-13-15(11-17(14)27)16(26-23(29)25-2)9-6-12-10-18(30-3)20(31-4)21(32-5)19(12)13/h7-8,10-11,16H,6,9H2,1-5H3,(H,24,28)(H2,25,26,29)/t16-/m0/s1. The lowest BCUT2D eigenvalue weighted by Gasteiger charge is -2.19. The number of amides is 3. The highest BCUT2D eigenvalue weighted by atomic mass is 16.5. The maximum absolute atomic E-state index is 12.9. The lowest BCUT2D eigenvalue weighted by atomic mass is 9.95. The number of fused-ring (bicyclic) bond motifs is 3. The van der Waals surface area contributed by atoms with Crippen molar-refractivity contribution in [2.45, 2.75) is 18.9 Å². The van der Waals surface area contributed by atoms with Gasteiger partial charge in [0.2, 0.25) is 5.75 Å². The predicted octanol–water partition coefficient (Wildman–Crippen LogP) is 2.02. The number of carbonyl (C=O) groups excluding carboxylic acids is 2. The van der Waals surface area contributed by atoms with Crippen molar-refractivity contribution < 1.29 is 23.8 Å². The summed E-state index contributed by atoms with van der Waals surface area (Å²) in [7, 11) is 7.58. The number of urea groups is 1. The highest BCUT2D eigenvalue weighted by Crippen LogP contribution is 2.50. The minimum atomic E-state index is -0.490. The van der Waals surface area contributed by atoms with Crippen molar-refractivity contribution in [2.24, 2.45) is 0 Å².